The number of aliphatic hydroxyl groups excluding tert-OH is 1. The minimum Gasteiger partial charge on any atom is -0.503 e. The van der Waals surface area contributed by atoms with Gasteiger partial charge in [0.25, 0.3) is 5.91 Å². The first-order chi connectivity index (χ1) is 15.5. The summed E-state index contributed by atoms with van der Waals surface area (Å²) >= 11 is 6.05. The quantitative estimate of drug-likeness (QED) is 0.341. The Labute approximate surface area is 191 Å². The molecule has 1 atom stereocenters. The Morgan fingerprint density at radius 3 is 2.62 bits per heavy atom. The van der Waals surface area contributed by atoms with E-state index in [9.17, 15) is 14.7 Å². The van der Waals surface area contributed by atoms with Crippen LogP contribution < -0.4 is 4.74 Å². The number of methoxy groups -OCH3 is 1. The monoisotopic (exact) mass is 453 g/mol. The van der Waals surface area contributed by atoms with Gasteiger partial charge in [-0.2, -0.15) is 0 Å². The van der Waals surface area contributed by atoms with Gasteiger partial charge in [0, 0.05) is 17.0 Å². The summed E-state index contributed by atoms with van der Waals surface area (Å²) in [4.78, 5) is 28.0. The molecule has 0 saturated heterocycles. The fourth-order valence-electron chi connectivity index (χ4n) is 4.08. The minimum absolute atomic E-state index is 0.00634. The first-order valence-corrected chi connectivity index (χ1v) is 10.9. The Morgan fingerprint density at radius 1 is 1.19 bits per heavy atom. The molecule has 0 spiro atoms. The van der Waals surface area contributed by atoms with E-state index in [0.29, 0.717) is 33.8 Å². The van der Waals surface area contributed by atoms with Crippen molar-refractivity contribution in [1.29, 1.82) is 0 Å². The van der Waals surface area contributed by atoms with Gasteiger partial charge >= 0.3 is 0 Å². The molecule has 0 aliphatic carbocycles. The number of ketones is 1. The number of carbonyl (C=O) groups is 2. The Kier molecular flexibility index (Phi) is 6.24. The molecule has 0 fully saturated rings. The molecule has 1 amide bonds. The van der Waals surface area contributed by atoms with Crippen molar-refractivity contribution in [2.24, 2.45) is 0 Å². The van der Waals surface area contributed by atoms with Gasteiger partial charge in [0.1, 0.15) is 0 Å². The van der Waals surface area contributed by atoms with Gasteiger partial charge in [-0.15, -0.1) is 0 Å². The molecule has 2 aromatic carbocycles. The molecule has 4 rings (SSSR count). The third kappa shape index (κ3) is 3.86. The van der Waals surface area contributed by atoms with Crippen LogP contribution in [0, 0.1) is 0 Å². The van der Waals surface area contributed by atoms with Crippen molar-refractivity contribution in [3.63, 3.8) is 0 Å². The molecule has 6 nitrogen and oxygen atoms in total. The second-order valence-corrected chi connectivity index (χ2v) is 8.18. The first kappa shape index (κ1) is 22.0. The average Bonchev–Trinajstić information content (AvgIpc) is 3.34. The maximum atomic E-state index is 13.5. The van der Waals surface area contributed by atoms with Gasteiger partial charge in [-0.1, -0.05) is 55.6 Å². The van der Waals surface area contributed by atoms with E-state index >= 15 is 0 Å². The first-order valence-electron chi connectivity index (χ1n) is 10.6. The Hall–Kier alpha value is -3.25. The summed E-state index contributed by atoms with van der Waals surface area (Å²) in [5.41, 5.74) is 1.14. The lowest BCUT2D eigenvalue weighted by Crippen LogP contribution is -2.32. The van der Waals surface area contributed by atoms with E-state index in [0.717, 1.165) is 19.3 Å². The zero-order valence-electron chi connectivity index (χ0n) is 17.9. The fraction of sp³-hybridized carbons (Fsp3) is 0.280. The van der Waals surface area contributed by atoms with E-state index in [1.807, 2.05) is 0 Å². The summed E-state index contributed by atoms with van der Waals surface area (Å²) in [6, 6.07) is 13.2. The van der Waals surface area contributed by atoms with Crippen molar-refractivity contribution in [1.82, 2.24) is 4.90 Å². The number of benzene rings is 2. The number of fused-ring (bicyclic) bond motifs is 1. The van der Waals surface area contributed by atoms with Crippen LogP contribution in [0.25, 0.3) is 11.0 Å². The molecule has 0 saturated carbocycles. The molecule has 1 aliphatic heterocycles. The molecule has 0 bridgehead atoms. The van der Waals surface area contributed by atoms with Crippen molar-refractivity contribution in [3.05, 3.63) is 76.2 Å². The second kappa shape index (κ2) is 9.09. The van der Waals surface area contributed by atoms with E-state index in [1.165, 1.54) is 7.11 Å². The van der Waals surface area contributed by atoms with Crippen LogP contribution in [-0.4, -0.2) is 35.4 Å². The highest BCUT2D eigenvalue weighted by molar-refractivity contribution is 6.30. The maximum Gasteiger partial charge on any atom is 0.290 e. The van der Waals surface area contributed by atoms with Gasteiger partial charge in [-0.05, 0) is 36.2 Å². The van der Waals surface area contributed by atoms with E-state index in [2.05, 4.69) is 6.92 Å². The molecule has 0 radical (unpaired) electrons. The van der Waals surface area contributed by atoms with Gasteiger partial charge in [0.05, 0.1) is 18.7 Å². The third-order valence-corrected chi connectivity index (χ3v) is 5.94. The van der Waals surface area contributed by atoms with Crippen LogP contribution in [0.1, 0.15) is 48.3 Å². The van der Waals surface area contributed by atoms with Crippen molar-refractivity contribution in [2.45, 2.75) is 32.2 Å². The molecule has 32 heavy (non-hydrogen) atoms. The van der Waals surface area contributed by atoms with Gasteiger partial charge in [0.2, 0.25) is 5.78 Å². The number of hydrogen-bond acceptors (Lipinski definition) is 5. The van der Waals surface area contributed by atoms with Gasteiger partial charge in [0.15, 0.2) is 22.9 Å². The maximum absolute atomic E-state index is 13.5. The number of amides is 1. The van der Waals surface area contributed by atoms with Crippen LogP contribution in [0.4, 0.5) is 0 Å². The van der Waals surface area contributed by atoms with Crippen LogP contribution in [0.2, 0.25) is 5.02 Å². The number of para-hydroxylation sites is 1. The SMILES string of the molecule is CCCCCN1C(=O)C(O)=C(C(=O)c2cc3cccc(OC)c3o2)C1c1ccc(Cl)cc1. The van der Waals surface area contributed by atoms with Crippen LogP contribution >= 0.6 is 11.6 Å². The van der Waals surface area contributed by atoms with Gasteiger partial charge in [-0.3, -0.25) is 9.59 Å². The number of nitrogens with zero attached hydrogens (tertiary/aromatic N) is 1. The lowest BCUT2D eigenvalue weighted by atomic mass is 9.95. The zero-order chi connectivity index (χ0) is 22.8. The largest absolute Gasteiger partial charge is 0.503 e. The number of rotatable bonds is 8. The fourth-order valence-corrected chi connectivity index (χ4v) is 4.21. The molecular formula is C25H24ClNO5. The second-order valence-electron chi connectivity index (χ2n) is 7.74. The van der Waals surface area contributed by atoms with Gasteiger partial charge < -0.3 is 19.2 Å². The smallest absolute Gasteiger partial charge is 0.290 e. The van der Waals surface area contributed by atoms with E-state index < -0.39 is 23.5 Å². The van der Waals surface area contributed by atoms with Crippen LogP contribution in [0.15, 0.2) is 64.3 Å². The summed E-state index contributed by atoms with van der Waals surface area (Å²) in [5.74, 6) is -1.10. The molecule has 1 aromatic heterocycles. The summed E-state index contributed by atoms with van der Waals surface area (Å²) in [6.07, 6.45) is 2.69. The third-order valence-electron chi connectivity index (χ3n) is 5.69. The van der Waals surface area contributed by atoms with Gasteiger partial charge in [-0.25, -0.2) is 0 Å². The molecule has 2 heterocycles. The normalized spacial score (nSPS) is 16.3. The topological polar surface area (TPSA) is 80.0 Å². The molecular weight excluding hydrogens is 430 g/mol. The van der Waals surface area contributed by atoms with Crippen molar-refractivity contribution in [2.75, 3.05) is 13.7 Å². The predicted molar refractivity (Wildman–Crippen MR) is 122 cm³/mol. The highest BCUT2D eigenvalue weighted by Crippen LogP contribution is 2.40. The molecule has 3 aromatic rings. The molecule has 7 heteroatoms. The highest BCUT2D eigenvalue weighted by atomic mass is 35.5. The number of carbonyl (C=O) groups excluding carboxylic acids is 2. The minimum atomic E-state index is -0.723. The summed E-state index contributed by atoms with van der Waals surface area (Å²) in [6.45, 7) is 2.50. The lowest BCUT2D eigenvalue weighted by Gasteiger charge is -2.26. The van der Waals surface area contributed by atoms with Crippen molar-refractivity contribution >= 4 is 34.3 Å². The Bertz CT molecular complexity index is 1190. The number of unbranched alkanes of at least 4 members (excludes halogenated alkanes) is 2. The molecule has 1 N–H and O–H groups in total. The number of Topliss-reactive ketones (excluding diaryl/α,β-unsaturated/α-hetero) is 1. The predicted octanol–water partition coefficient (Wildman–Crippen LogP) is 5.86. The summed E-state index contributed by atoms with van der Waals surface area (Å²) < 4.78 is 11.1. The Morgan fingerprint density at radius 2 is 1.94 bits per heavy atom. The summed E-state index contributed by atoms with van der Waals surface area (Å²) in [7, 11) is 1.52. The van der Waals surface area contributed by atoms with Crippen LogP contribution in [-0.2, 0) is 4.79 Å². The standard InChI is InChI=1S/C25H24ClNO5/c1-3-4-5-13-27-21(15-9-11-17(26)12-10-15)20(23(29)25(27)30)22(28)19-14-16-7-6-8-18(31-2)24(16)32-19/h6-12,14,21,29H,3-5,13H2,1-2H3. The van der Waals surface area contributed by atoms with Crippen LogP contribution in [0.5, 0.6) is 5.75 Å². The van der Waals surface area contributed by atoms with E-state index in [-0.39, 0.29) is 11.3 Å². The van der Waals surface area contributed by atoms with E-state index in [4.69, 9.17) is 20.8 Å². The number of aliphatic hydroxyl groups is 1. The zero-order valence-corrected chi connectivity index (χ0v) is 18.7. The van der Waals surface area contributed by atoms with Crippen LogP contribution in [0.3, 0.4) is 0 Å². The number of ether oxygens (including phenoxy) is 1. The summed E-state index contributed by atoms with van der Waals surface area (Å²) in [5, 5.41) is 12.0. The average molecular weight is 454 g/mol. The molecule has 166 valence electrons. The van der Waals surface area contributed by atoms with Crippen molar-refractivity contribution in [3.8, 4) is 5.75 Å². The number of furan rings is 1. The number of hydrogen-bond donors (Lipinski definition) is 1. The molecule has 1 unspecified atom stereocenters. The lowest BCUT2D eigenvalue weighted by molar-refractivity contribution is -0.129. The van der Waals surface area contributed by atoms with Crippen molar-refractivity contribution < 1.29 is 23.8 Å². The molecule has 1 aliphatic rings. The highest BCUT2D eigenvalue weighted by Gasteiger charge is 2.44. The van der Waals surface area contributed by atoms with E-state index in [1.54, 1.807) is 53.4 Å². The number of halogens is 1. The Balaban J connectivity index is 1.78.